The third-order valence-electron chi connectivity index (χ3n) is 4.56. The Labute approximate surface area is 141 Å². The van der Waals surface area contributed by atoms with E-state index >= 15 is 0 Å². The van der Waals surface area contributed by atoms with E-state index in [1.807, 2.05) is 12.1 Å². The predicted molar refractivity (Wildman–Crippen MR) is 91.3 cm³/mol. The van der Waals surface area contributed by atoms with Crippen LogP contribution in [0, 0.1) is 5.92 Å². The summed E-state index contributed by atoms with van der Waals surface area (Å²) in [5, 5.41) is 6.54. The van der Waals surface area contributed by atoms with Crippen LogP contribution < -0.4 is 10.6 Å². The molecule has 2 N–H and O–H groups in total. The molecule has 5 heteroatoms. The third-order valence-corrected chi connectivity index (χ3v) is 4.79. The standard InChI is InChI=1S/C18H21ClN2O2/c19-13-7-4-8-14(11-13)20-18(23)15-9-10-16(22)21-17(15)12-5-2-1-3-6-12/h4-5,7-8,11,15,17H,1-3,6,9-10H2,(H,20,23)(H,21,22)/t15-,17+/m0/s1. The molecule has 2 amide bonds. The molecule has 1 aromatic rings. The lowest BCUT2D eigenvalue weighted by molar-refractivity contribution is -0.127. The zero-order valence-corrected chi connectivity index (χ0v) is 13.7. The summed E-state index contributed by atoms with van der Waals surface area (Å²) in [4.78, 5) is 24.5. The fourth-order valence-corrected chi connectivity index (χ4v) is 3.57. The number of halogens is 1. The molecule has 1 aliphatic carbocycles. The molecular weight excluding hydrogens is 312 g/mol. The van der Waals surface area contributed by atoms with Crippen LogP contribution in [0.5, 0.6) is 0 Å². The van der Waals surface area contributed by atoms with E-state index in [4.69, 9.17) is 11.6 Å². The molecule has 1 heterocycles. The molecule has 1 aliphatic heterocycles. The number of allylic oxidation sites excluding steroid dienone is 1. The Balaban J connectivity index is 1.76. The Morgan fingerprint density at radius 2 is 2.13 bits per heavy atom. The molecule has 1 aromatic carbocycles. The number of hydrogen-bond donors (Lipinski definition) is 2. The second-order valence-corrected chi connectivity index (χ2v) is 6.65. The fraction of sp³-hybridized carbons (Fsp3) is 0.444. The van der Waals surface area contributed by atoms with Crippen molar-refractivity contribution < 1.29 is 9.59 Å². The van der Waals surface area contributed by atoms with E-state index < -0.39 is 0 Å². The SMILES string of the molecule is O=C1CC[C@H](C(=O)Nc2cccc(Cl)c2)[C@@H](C2=CCCCC2)N1. The van der Waals surface area contributed by atoms with Crippen LogP contribution >= 0.6 is 11.6 Å². The fourth-order valence-electron chi connectivity index (χ4n) is 3.38. The van der Waals surface area contributed by atoms with Gasteiger partial charge in [-0.2, -0.15) is 0 Å². The van der Waals surface area contributed by atoms with E-state index in [9.17, 15) is 9.59 Å². The first-order valence-corrected chi connectivity index (χ1v) is 8.56. The quantitative estimate of drug-likeness (QED) is 0.830. The van der Waals surface area contributed by atoms with Gasteiger partial charge in [0.05, 0.1) is 12.0 Å². The number of carbonyl (C=O) groups is 2. The summed E-state index contributed by atoms with van der Waals surface area (Å²) in [6, 6.07) is 6.96. The first-order chi connectivity index (χ1) is 11.1. The summed E-state index contributed by atoms with van der Waals surface area (Å²) < 4.78 is 0. The topological polar surface area (TPSA) is 58.2 Å². The number of anilines is 1. The van der Waals surface area contributed by atoms with Crippen LogP contribution in [0.2, 0.25) is 5.02 Å². The highest BCUT2D eigenvalue weighted by Gasteiger charge is 2.36. The van der Waals surface area contributed by atoms with Gasteiger partial charge in [-0.15, -0.1) is 0 Å². The van der Waals surface area contributed by atoms with Gasteiger partial charge < -0.3 is 10.6 Å². The second-order valence-electron chi connectivity index (χ2n) is 6.21. The van der Waals surface area contributed by atoms with Crippen LogP contribution in [0.4, 0.5) is 5.69 Å². The highest BCUT2D eigenvalue weighted by atomic mass is 35.5. The van der Waals surface area contributed by atoms with Crippen molar-refractivity contribution in [3.8, 4) is 0 Å². The lowest BCUT2D eigenvalue weighted by Crippen LogP contribution is -2.50. The molecule has 0 saturated carbocycles. The Hall–Kier alpha value is -1.81. The van der Waals surface area contributed by atoms with Gasteiger partial charge in [0, 0.05) is 17.1 Å². The van der Waals surface area contributed by atoms with Crippen LogP contribution in [0.3, 0.4) is 0 Å². The molecule has 3 rings (SSSR count). The number of hydrogen-bond acceptors (Lipinski definition) is 2. The average molecular weight is 333 g/mol. The van der Waals surface area contributed by atoms with Crippen molar-refractivity contribution in [3.63, 3.8) is 0 Å². The summed E-state index contributed by atoms with van der Waals surface area (Å²) in [7, 11) is 0. The number of amides is 2. The molecule has 1 fully saturated rings. The summed E-state index contributed by atoms with van der Waals surface area (Å²) in [6.45, 7) is 0. The zero-order valence-electron chi connectivity index (χ0n) is 13.0. The van der Waals surface area contributed by atoms with Gasteiger partial charge in [-0.25, -0.2) is 0 Å². The Morgan fingerprint density at radius 3 is 2.87 bits per heavy atom. The molecule has 0 radical (unpaired) electrons. The maximum absolute atomic E-state index is 12.7. The van der Waals surface area contributed by atoms with Crippen LogP contribution in [0.1, 0.15) is 38.5 Å². The Morgan fingerprint density at radius 1 is 1.26 bits per heavy atom. The van der Waals surface area contributed by atoms with Gasteiger partial charge in [0.15, 0.2) is 0 Å². The number of benzene rings is 1. The molecule has 0 unspecified atom stereocenters. The lowest BCUT2D eigenvalue weighted by Gasteiger charge is -2.34. The third kappa shape index (κ3) is 3.94. The molecule has 0 bridgehead atoms. The number of piperidine rings is 1. The van der Waals surface area contributed by atoms with Crippen molar-refractivity contribution >= 4 is 29.1 Å². The van der Waals surface area contributed by atoms with E-state index in [0.29, 0.717) is 23.6 Å². The van der Waals surface area contributed by atoms with Crippen molar-refractivity contribution in [2.75, 3.05) is 5.32 Å². The Bertz CT molecular complexity index is 642. The minimum atomic E-state index is -0.226. The zero-order chi connectivity index (χ0) is 16.2. The minimum absolute atomic E-state index is 0.0354. The van der Waals surface area contributed by atoms with E-state index in [1.54, 1.807) is 12.1 Å². The molecular formula is C18H21ClN2O2. The Kier molecular flexibility index (Phi) is 5.01. The van der Waals surface area contributed by atoms with E-state index in [0.717, 1.165) is 19.3 Å². The van der Waals surface area contributed by atoms with Crippen LogP contribution in [-0.2, 0) is 9.59 Å². The highest BCUT2D eigenvalue weighted by molar-refractivity contribution is 6.30. The summed E-state index contributed by atoms with van der Waals surface area (Å²) in [6.07, 6.45) is 7.48. The molecule has 0 spiro atoms. The summed E-state index contributed by atoms with van der Waals surface area (Å²) >= 11 is 5.97. The first kappa shape index (κ1) is 16.1. The number of rotatable bonds is 3. The van der Waals surface area contributed by atoms with Gasteiger partial charge in [-0.05, 0) is 50.3 Å². The van der Waals surface area contributed by atoms with Crippen LogP contribution in [-0.4, -0.2) is 17.9 Å². The van der Waals surface area contributed by atoms with Gasteiger partial charge in [-0.3, -0.25) is 9.59 Å². The van der Waals surface area contributed by atoms with Crippen molar-refractivity contribution in [2.45, 2.75) is 44.6 Å². The number of nitrogens with one attached hydrogen (secondary N) is 2. The number of carbonyl (C=O) groups excluding carboxylic acids is 2. The van der Waals surface area contributed by atoms with Crippen molar-refractivity contribution in [3.05, 3.63) is 40.9 Å². The monoisotopic (exact) mass is 332 g/mol. The summed E-state index contributed by atoms with van der Waals surface area (Å²) in [5.41, 5.74) is 1.89. The smallest absolute Gasteiger partial charge is 0.229 e. The van der Waals surface area contributed by atoms with E-state index in [-0.39, 0.29) is 23.8 Å². The molecule has 2 aliphatic rings. The van der Waals surface area contributed by atoms with Crippen LogP contribution in [0.25, 0.3) is 0 Å². The normalized spacial score (nSPS) is 24.6. The lowest BCUT2D eigenvalue weighted by atomic mass is 9.81. The molecule has 0 aromatic heterocycles. The van der Waals surface area contributed by atoms with Gasteiger partial charge in [0.1, 0.15) is 0 Å². The molecule has 1 saturated heterocycles. The average Bonchev–Trinajstić information content (AvgIpc) is 2.55. The van der Waals surface area contributed by atoms with Gasteiger partial charge >= 0.3 is 0 Å². The van der Waals surface area contributed by atoms with Crippen molar-refractivity contribution in [1.29, 1.82) is 0 Å². The van der Waals surface area contributed by atoms with Gasteiger partial charge in [0.25, 0.3) is 0 Å². The van der Waals surface area contributed by atoms with Gasteiger partial charge in [-0.1, -0.05) is 29.3 Å². The predicted octanol–water partition coefficient (Wildman–Crippen LogP) is 3.67. The highest BCUT2D eigenvalue weighted by Crippen LogP contribution is 2.30. The van der Waals surface area contributed by atoms with Gasteiger partial charge in [0.2, 0.25) is 11.8 Å². The van der Waals surface area contributed by atoms with Crippen molar-refractivity contribution in [1.82, 2.24) is 5.32 Å². The molecule has 4 nitrogen and oxygen atoms in total. The minimum Gasteiger partial charge on any atom is -0.349 e. The summed E-state index contributed by atoms with van der Waals surface area (Å²) in [5.74, 6) is -0.243. The first-order valence-electron chi connectivity index (χ1n) is 8.18. The van der Waals surface area contributed by atoms with Crippen molar-refractivity contribution in [2.24, 2.45) is 5.92 Å². The molecule has 23 heavy (non-hydrogen) atoms. The van der Waals surface area contributed by atoms with E-state index in [1.165, 1.54) is 12.0 Å². The maximum Gasteiger partial charge on any atom is 0.229 e. The molecule has 2 atom stereocenters. The largest absolute Gasteiger partial charge is 0.349 e. The molecule has 122 valence electrons. The maximum atomic E-state index is 12.7. The van der Waals surface area contributed by atoms with E-state index in [2.05, 4.69) is 16.7 Å². The second kappa shape index (κ2) is 7.18. The van der Waals surface area contributed by atoms with Crippen LogP contribution in [0.15, 0.2) is 35.9 Å².